The van der Waals surface area contributed by atoms with Gasteiger partial charge in [0.25, 0.3) is 5.91 Å². The van der Waals surface area contributed by atoms with Crippen LogP contribution in [-0.2, 0) is 6.54 Å². The third-order valence-corrected chi connectivity index (χ3v) is 4.82. The number of aryl methyl sites for hydroxylation is 1. The summed E-state index contributed by atoms with van der Waals surface area (Å²) in [7, 11) is 0. The molecule has 0 radical (unpaired) electrons. The Balaban J connectivity index is 1.68. The highest BCUT2D eigenvalue weighted by molar-refractivity contribution is 6.30. The molecule has 0 saturated carbocycles. The maximum atomic E-state index is 13.2. The molecule has 0 saturated heterocycles. The van der Waals surface area contributed by atoms with E-state index in [0.29, 0.717) is 28.9 Å². The fourth-order valence-electron chi connectivity index (χ4n) is 2.89. The molecule has 0 aliphatic heterocycles. The number of nitrogens with zero attached hydrogens (tertiary/aromatic N) is 3. The lowest BCUT2D eigenvalue weighted by molar-refractivity contribution is 0.0947. The molecule has 0 aliphatic carbocycles. The van der Waals surface area contributed by atoms with Gasteiger partial charge in [-0.1, -0.05) is 53.6 Å². The minimum atomic E-state index is -0.334. The Kier molecular flexibility index (Phi) is 5.59. The number of carbonyl (C=O) groups is 1. The summed E-state index contributed by atoms with van der Waals surface area (Å²) >= 11 is 5.93. The van der Waals surface area contributed by atoms with Gasteiger partial charge in [0.1, 0.15) is 5.82 Å². The topological polar surface area (TPSA) is 59.8 Å². The van der Waals surface area contributed by atoms with Gasteiger partial charge in [0.05, 0.1) is 0 Å². The van der Waals surface area contributed by atoms with Crippen molar-refractivity contribution >= 4 is 23.5 Å². The van der Waals surface area contributed by atoms with Gasteiger partial charge in [-0.15, -0.1) is 5.10 Å². The Labute approximate surface area is 178 Å². The van der Waals surface area contributed by atoms with Crippen molar-refractivity contribution in [2.45, 2.75) is 13.5 Å². The first-order valence-corrected chi connectivity index (χ1v) is 9.70. The van der Waals surface area contributed by atoms with Crippen molar-refractivity contribution < 1.29 is 9.18 Å². The van der Waals surface area contributed by atoms with Crippen molar-refractivity contribution in [1.82, 2.24) is 14.8 Å². The van der Waals surface area contributed by atoms with E-state index in [2.05, 4.69) is 15.4 Å². The first-order valence-electron chi connectivity index (χ1n) is 9.32. The van der Waals surface area contributed by atoms with Crippen molar-refractivity contribution in [3.63, 3.8) is 0 Å². The number of benzene rings is 3. The Morgan fingerprint density at radius 2 is 1.67 bits per heavy atom. The summed E-state index contributed by atoms with van der Waals surface area (Å²) < 4.78 is 14.4. The first-order chi connectivity index (χ1) is 14.5. The summed E-state index contributed by atoms with van der Waals surface area (Å²) in [6.07, 6.45) is 0. The van der Waals surface area contributed by atoms with Crippen molar-refractivity contribution in [2.75, 3.05) is 5.32 Å². The van der Waals surface area contributed by atoms with Gasteiger partial charge in [0, 0.05) is 22.7 Å². The van der Waals surface area contributed by atoms with Gasteiger partial charge < -0.3 is 5.32 Å². The lowest BCUT2D eigenvalue weighted by atomic mass is 10.1. The molecule has 7 heteroatoms. The van der Waals surface area contributed by atoms with Gasteiger partial charge in [-0.05, 0) is 48.9 Å². The minimum Gasteiger partial charge on any atom is -0.350 e. The molecular weight excluding hydrogens is 403 g/mol. The number of carbonyl (C=O) groups excluding carboxylic acids is 1. The number of nitrogens with one attached hydrogen (secondary N) is 1. The molecule has 0 aliphatic rings. The van der Waals surface area contributed by atoms with Crippen LogP contribution in [0.1, 0.15) is 21.5 Å². The fraction of sp³-hybridized carbons (Fsp3) is 0.0870. The Morgan fingerprint density at radius 3 is 2.33 bits per heavy atom. The second kappa shape index (κ2) is 8.47. The maximum absolute atomic E-state index is 13.2. The van der Waals surface area contributed by atoms with Crippen LogP contribution in [0.15, 0.2) is 72.8 Å². The van der Waals surface area contributed by atoms with E-state index >= 15 is 0 Å². The third-order valence-electron chi connectivity index (χ3n) is 4.56. The summed E-state index contributed by atoms with van der Waals surface area (Å²) in [5.41, 5.74) is 3.20. The summed E-state index contributed by atoms with van der Waals surface area (Å²) in [5.74, 6) is 0.0920. The van der Waals surface area contributed by atoms with Gasteiger partial charge in [-0.25, -0.2) is 4.39 Å². The van der Waals surface area contributed by atoms with Crippen LogP contribution < -0.4 is 5.32 Å². The molecule has 0 unspecified atom stereocenters. The predicted octanol–water partition coefficient (Wildman–Crippen LogP) is 5.35. The number of hydrogen-bond donors (Lipinski definition) is 1. The SMILES string of the molecule is Cc1ccc(-c2nc(NCc3ccc(F)cc3)n(C(=O)c3ccc(Cl)cc3)n2)cc1. The van der Waals surface area contributed by atoms with Crippen LogP contribution in [0.3, 0.4) is 0 Å². The van der Waals surface area contributed by atoms with E-state index < -0.39 is 0 Å². The van der Waals surface area contributed by atoms with E-state index in [1.807, 2.05) is 31.2 Å². The predicted molar refractivity (Wildman–Crippen MR) is 115 cm³/mol. The highest BCUT2D eigenvalue weighted by Gasteiger charge is 2.19. The average Bonchev–Trinajstić information content (AvgIpc) is 3.18. The normalized spacial score (nSPS) is 10.8. The van der Waals surface area contributed by atoms with E-state index in [-0.39, 0.29) is 11.7 Å². The molecule has 0 amide bonds. The van der Waals surface area contributed by atoms with Crippen molar-refractivity contribution in [1.29, 1.82) is 0 Å². The van der Waals surface area contributed by atoms with Crippen molar-refractivity contribution in [3.05, 3.63) is 100 Å². The monoisotopic (exact) mass is 420 g/mol. The smallest absolute Gasteiger partial charge is 0.281 e. The largest absolute Gasteiger partial charge is 0.350 e. The zero-order valence-corrected chi connectivity index (χ0v) is 16.9. The standard InChI is InChI=1S/C23H18ClFN4O/c1-15-2-6-17(7-3-15)21-27-23(26-14-16-4-12-20(25)13-5-16)29(28-21)22(30)18-8-10-19(24)11-9-18/h2-13H,14H2,1H3,(H,26,27,28). The molecule has 0 spiro atoms. The van der Waals surface area contributed by atoms with Gasteiger partial charge in [-0.3, -0.25) is 4.79 Å². The van der Waals surface area contributed by atoms with E-state index in [9.17, 15) is 9.18 Å². The lowest BCUT2D eigenvalue weighted by Gasteiger charge is -2.07. The summed E-state index contributed by atoms with van der Waals surface area (Å²) in [4.78, 5) is 17.6. The molecule has 0 fully saturated rings. The molecule has 1 aromatic heterocycles. The molecule has 30 heavy (non-hydrogen) atoms. The Morgan fingerprint density at radius 1 is 1.00 bits per heavy atom. The summed E-state index contributed by atoms with van der Waals surface area (Å²) in [6, 6.07) is 20.4. The highest BCUT2D eigenvalue weighted by Crippen LogP contribution is 2.21. The van der Waals surface area contributed by atoms with Crippen LogP contribution in [-0.4, -0.2) is 20.7 Å². The van der Waals surface area contributed by atoms with Crippen LogP contribution in [0, 0.1) is 12.7 Å². The van der Waals surface area contributed by atoms with Crippen LogP contribution in [0.5, 0.6) is 0 Å². The summed E-state index contributed by atoms with van der Waals surface area (Å²) in [5, 5.41) is 8.11. The number of halogens is 2. The van der Waals surface area contributed by atoms with Crippen LogP contribution in [0.25, 0.3) is 11.4 Å². The van der Waals surface area contributed by atoms with Gasteiger partial charge in [-0.2, -0.15) is 9.67 Å². The number of hydrogen-bond acceptors (Lipinski definition) is 4. The Bertz CT molecular complexity index is 1170. The number of anilines is 1. The van der Waals surface area contributed by atoms with E-state index in [0.717, 1.165) is 16.7 Å². The third kappa shape index (κ3) is 4.39. The number of aromatic nitrogens is 3. The summed E-state index contributed by atoms with van der Waals surface area (Å²) in [6.45, 7) is 2.36. The van der Waals surface area contributed by atoms with E-state index in [4.69, 9.17) is 11.6 Å². The molecule has 4 rings (SSSR count). The minimum absolute atomic E-state index is 0.301. The zero-order valence-electron chi connectivity index (χ0n) is 16.1. The van der Waals surface area contributed by atoms with Gasteiger partial charge >= 0.3 is 0 Å². The molecule has 0 bridgehead atoms. The lowest BCUT2D eigenvalue weighted by Crippen LogP contribution is -2.17. The number of rotatable bonds is 5. The van der Waals surface area contributed by atoms with Crippen molar-refractivity contribution in [2.24, 2.45) is 0 Å². The van der Waals surface area contributed by atoms with Crippen LogP contribution in [0.2, 0.25) is 5.02 Å². The second-order valence-electron chi connectivity index (χ2n) is 6.83. The van der Waals surface area contributed by atoms with Crippen molar-refractivity contribution in [3.8, 4) is 11.4 Å². The molecule has 3 aromatic carbocycles. The molecular formula is C23H18ClFN4O. The van der Waals surface area contributed by atoms with Crippen LogP contribution in [0.4, 0.5) is 10.3 Å². The van der Waals surface area contributed by atoms with E-state index in [1.54, 1.807) is 36.4 Å². The highest BCUT2D eigenvalue weighted by atomic mass is 35.5. The van der Waals surface area contributed by atoms with Crippen LogP contribution >= 0.6 is 11.6 Å². The first kappa shape index (κ1) is 19.8. The van der Waals surface area contributed by atoms with Gasteiger partial charge in [0.15, 0.2) is 5.82 Å². The second-order valence-corrected chi connectivity index (χ2v) is 7.27. The average molecular weight is 421 g/mol. The van der Waals surface area contributed by atoms with Gasteiger partial charge in [0.2, 0.25) is 5.95 Å². The molecule has 1 N–H and O–H groups in total. The molecule has 4 aromatic rings. The quantitative estimate of drug-likeness (QED) is 0.473. The zero-order chi connectivity index (χ0) is 21.1. The fourth-order valence-corrected chi connectivity index (χ4v) is 3.02. The van der Waals surface area contributed by atoms with E-state index in [1.165, 1.54) is 16.8 Å². The molecule has 5 nitrogen and oxygen atoms in total. The molecule has 1 heterocycles. The maximum Gasteiger partial charge on any atom is 0.281 e. The molecule has 150 valence electrons. The Hall–Kier alpha value is -3.51. The molecule has 0 atom stereocenters.